The second-order valence-electron chi connectivity index (χ2n) is 12.4. The van der Waals surface area contributed by atoms with Crippen LogP contribution in [0.15, 0.2) is 69.6 Å². The highest BCUT2D eigenvalue weighted by Gasteiger charge is 2.31. The molecule has 0 aromatic heterocycles. The number of carbonyl (C=O) groups excluding carboxylic acids is 5. The largest absolute Gasteiger partial charge is 0.487 e. The number of amides is 3. The number of benzene rings is 4. The van der Waals surface area contributed by atoms with Crippen molar-refractivity contribution in [3.05, 3.63) is 107 Å². The van der Waals surface area contributed by atoms with E-state index in [1.165, 1.54) is 18.2 Å². The van der Waals surface area contributed by atoms with Crippen molar-refractivity contribution in [2.45, 2.75) is 65.8 Å². The van der Waals surface area contributed by atoms with E-state index >= 15 is 0 Å². The molecule has 0 aliphatic heterocycles. The number of carbonyl (C=O) groups is 5. The first-order valence-corrected chi connectivity index (χ1v) is 19.3. The zero-order valence-corrected chi connectivity index (χ0v) is 35.1. The van der Waals surface area contributed by atoms with Gasteiger partial charge in [-0.25, -0.2) is 0 Å². The lowest BCUT2D eigenvalue weighted by Gasteiger charge is -2.15. The van der Waals surface area contributed by atoms with Crippen LogP contribution < -0.4 is 25.4 Å². The number of ether oxygens (including phenoxy) is 3. The SMILES string of the molecule is CCC(=O)Nc1cc(C)cc(COc2c(Br)cc(CC(=O)OC(=O)CC(=O)Nc3cc(Cl)c(OCc4cc(NC(=O)CC)cc(C(F)(F)F)c4)c(Cl)c3)cc2Br)c1. The maximum absolute atomic E-state index is 13.5. The summed E-state index contributed by atoms with van der Waals surface area (Å²) in [4.78, 5) is 61.2. The van der Waals surface area contributed by atoms with E-state index in [4.69, 9.17) is 37.4 Å². The van der Waals surface area contributed by atoms with Crippen molar-refractivity contribution >= 4 is 102 Å². The molecule has 0 atom stereocenters. The predicted octanol–water partition coefficient (Wildman–Crippen LogP) is 10.3. The summed E-state index contributed by atoms with van der Waals surface area (Å²) in [5.74, 6) is -3.16. The molecule has 3 N–H and O–H groups in total. The summed E-state index contributed by atoms with van der Waals surface area (Å²) in [6.45, 7) is 4.98. The molecule has 0 saturated carbocycles. The van der Waals surface area contributed by atoms with Crippen LogP contribution in [0.3, 0.4) is 0 Å². The number of hydrogen-bond donors (Lipinski definition) is 3. The van der Waals surface area contributed by atoms with Crippen molar-refractivity contribution in [3.8, 4) is 11.5 Å². The van der Waals surface area contributed by atoms with Crippen molar-refractivity contribution in [2.24, 2.45) is 0 Å². The fraction of sp³-hybridized carbons (Fsp3) is 0.256. The van der Waals surface area contributed by atoms with E-state index in [0.29, 0.717) is 32.4 Å². The Bertz CT molecular complexity index is 2160. The number of anilines is 3. The molecule has 4 aromatic rings. The summed E-state index contributed by atoms with van der Waals surface area (Å²) >= 11 is 19.5. The summed E-state index contributed by atoms with van der Waals surface area (Å²) in [5.41, 5.74) is 1.90. The van der Waals surface area contributed by atoms with Gasteiger partial charge in [0, 0.05) is 29.9 Å². The normalized spacial score (nSPS) is 11.1. The topological polar surface area (TPSA) is 149 Å². The van der Waals surface area contributed by atoms with Gasteiger partial charge in [-0.3, -0.25) is 24.0 Å². The highest BCUT2D eigenvalue weighted by Crippen LogP contribution is 2.38. The molecule has 18 heteroatoms. The third-order valence-electron chi connectivity index (χ3n) is 7.65. The molecule has 0 unspecified atom stereocenters. The van der Waals surface area contributed by atoms with E-state index in [1.54, 1.807) is 26.0 Å². The van der Waals surface area contributed by atoms with Gasteiger partial charge >= 0.3 is 18.1 Å². The summed E-state index contributed by atoms with van der Waals surface area (Å²) in [6, 6.07) is 14.3. The molecule has 0 spiro atoms. The van der Waals surface area contributed by atoms with E-state index in [-0.39, 0.29) is 58.1 Å². The summed E-state index contributed by atoms with van der Waals surface area (Å²) in [6.07, 6.45) is -5.45. The summed E-state index contributed by atoms with van der Waals surface area (Å²) < 4.78 is 58.0. The number of esters is 2. The molecule has 302 valence electrons. The Morgan fingerprint density at radius 3 is 1.67 bits per heavy atom. The molecule has 0 saturated heterocycles. The Balaban J connectivity index is 1.30. The van der Waals surface area contributed by atoms with Gasteiger partial charge in [0.1, 0.15) is 25.4 Å². The molecule has 0 bridgehead atoms. The third kappa shape index (κ3) is 13.8. The van der Waals surface area contributed by atoms with Crippen LogP contribution in [-0.2, 0) is 54.5 Å². The molecule has 3 amide bonds. The molecule has 57 heavy (non-hydrogen) atoms. The Kier molecular flexibility index (Phi) is 15.9. The number of nitrogens with one attached hydrogen (secondary N) is 3. The van der Waals surface area contributed by atoms with E-state index in [2.05, 4.69) is 47.8 Å². The smallest absolute Gasteiger partial charge is 0.416 e. The number of halogens is 7. The number of hydrogen-bond acceptors (Lipinski definition) is 8. The Morgan fingerprint density at radius 2 is 1.12 bits per heavy atom. The van der Waals surface area contributed by atoms with Gasteiger partial charge < -0.3 is 30.2 Å². The highest BCUT2D eigenvalue weighted by molar-refractivity contribution is 9.11. The van der Waals surface area contributed by atoms with E-state index in [9.17, 15) is 37.1 Å². The maximum atomic E-state index is 13.5. The van der Waals surface area contributed by atoms with Gasteiger partial charge in [-0.2, -0.15) is 13.2 Å². The van der Waals surface area contributed by atoms with Crippen molar-refractivity contribution in [3.63, 3.8) is 0 Å². The molecule has 11 nitrogen and oxygen atoms in total. The Morgan fingerprint density at radius 1 is 0.632 bits per heavy atom. The standard InChI is InChI=1S/C39H34Br2Cl2F3N3O8/c1-4-32(50)47-25-7-20(3)6-22(9-25)18-55-37-28(40)11-21(12-29(37)41)13-35(53)57-36(54)17-34(52)49-27-15-30(42)38(31(43)16-27)56-19-23-8-24(39(44,45)46)14-26(10-23)48-33(51)5-2/h6-12,14-16H,4-5,13,17-19H2,1-3H3,(H,47,50)(H,48,51)(H,49,52). The monoisotopic (exact) mass is 957 g/mol. The van der Waals surface area contributed by atoms with Crippen molar-refractivity contribution in [2.75, 3.05) is 16.0 Å². The van der Waals surface area contributed by atoms with Crippen LogP contribution in [0, 0.1) is 6.92 Å². The fourth-order valence-corrected chi connectivity index (χ4v) is 7.27. The minimum Gasteiger partial charge on any atom is -0.487 e. The molecule has 0 radical (unpaired) electrons. The Hall–Kier alpha value is -4.64. The van der Waals surface area contributed by atoms with Crippen molar-refractivity contribution in [1.29, 1.82) is 0 Å². The zero-order valence-electron chi connectivity index (χ0n) is 30.4. The van der Waals surface area contributed by atoms with Crippen molar-refractivity contribution in [1.82, 2.24) is 0 Å². The van der Waals surface area contributed by atoms with Crippen LogP contribution >= 0.6 is 55.1 Å². The van der Waals surface area contributed by atoms with Crippen LogP contribution in [0.1, 0.15) is 60.9 Å². The summed E-state index contributed by atoms with van der Waals surface area (Å²) in [7, 11) is 0. The number of aryl methyl sites for hydroxylation is 1. The average Bonchev–Trinajstić information content (AvgIpc) is 3.09. The van der Waals surface area contributed by atoms with Gasteiger partial charge in [0.05, 0.1) is 31.0 Å². The van der Waals surface area contributed by atoms with Crippen LogP contribution in [0.4, 0.5) is 30.2 Å². The van der Waals surface area contributed by atoms with Gasteiger partial charge in [0.2, 0.25) is 17.7 Å². The van der Waals surface area contributed by atoms with Gasteiger partial charge in [-0.15, -0.1) is 0 Å². The average molecular weight is 960 g/mol. The molecule has 0 aliphatic rings. The minimum atomic E-state index is -4.69. The lowest BCUT2D eigenvalue weighted by Crippen LogP contribution is -2.21. The molecule has 4 rings (SSSR count). The van der Waals surface area contributed by atoms with Gasteiger partial charge in [-0.05, 0) is 116 Å². The first-order chi connectivity index (χ1) is 26.8. The maximum Gasteiger partial charge on any atom is 0.416 e. The predicted molar refractivity (Wildman–Crippen MR) is 215 cm³/mol. The lowest BCUT2D eigenvalue weighted by atomic mass is 10.1. The van der Waals surface area contributed by atoms with E-state index < -0.39 is 48.5 Å². The first-order valence-electron chi connectivity index (χ1n) is 17.0. The zero-order chi connectivity index (χ0) is 42.0. The highest BCUT2D eigenvalue weighted by atomic mass is 79.9. The molecule has 0 heterocycles. The number of alkyl halides is 3. The van der Waals surface area contributed by atoms with Crippen LogP contribution in [0.5, 0.6) is 11.5 Å². The van der Waals surface area contributed by atoms with Gasteiger partial charge in [0.25, 0.3) is 0 Å². The van der Waals surface area contributed by atoms with E-state index in [1.807, 2.05) is 25.1 Å². The second kappa shape index (κ2) is 20.2. The molecular weight excluding hydrogens is 926 g/mol. The van der Waals surface area contributed by atoms with Gasteiger partial charge in [-0.1, -0.05) is 43.1 Å². The minimum absolute atomic E-state index is 0.0493. The third-order valence-corrected chi connectivity index (χ3v) is 9.39. The molecule has 0 fully saturated rings. The Labute approximate surface area is 352 Å². The quantitative estimate of drug-likeness (QED) is 0.0788. The molecular formula is C39H34Br2Cl2F3N3O8. The van der Waals surface area contributed by atoms with E-state index in [0.717, 1.165) is 23.3 Å². The first kappa shape index (κ1) is 45.1. The van der Waals surface area contributed by atoms with Crippen molar-refractivity contribution < 1.29 is 51.4 Å². The summed E-state index contributed by atoms with van der Waals surface area (Å²) in [5, 5.41) is 7.41. The number of rotatable bonds is 15. The second-order valence-corrected chi connectivity index (χ2v) is 14.9. The molecule has 4 aromatic carbocycles. The van der Waals surface area contributed by atoms with Crippen LogP contribution in [-0.4, -0.2) is 29.7 Å². The molecule has 0 aliphatic carbocycles. The fourth-order valence-electron chi connectivity index (χ4n) is 5.16. The van der Waals surface area contributed by atoms with Crippen LogP contribution in [0.25, 0.3) is 0 Å². The van der Waals surface area contributed by atoms with Crippen LogP contribution in [0.2, 0.25) is 10.0 Å². The lowest BCUT2D eigenvalue weighted by molar-refractivity contribution is -0.159. The van der Waals surface area contributed by atoms with Gasteiger partial charge in [0.15, 0.2) is 5.75 Å².